The molecule has 0 saturated heterocycles. The molecule has 0 aliphatic heterocycles. The fraction of sp³-hybridized carbons (Fsp3) is 0.208. The third-order valence-electron chi connectivity index (χ3n) is 5.02. The van der Waals surface area contributed by atoms with Crippen molar-refractivity contribution in [2.24, 2.45) is 0 Å². The van der Waals surface area contributed by atoms with Gasteiger partial charge in [-0.25, -0.2) is 13.4 Å². The summed E-state index contributed by atoms with van der Waals surface area (Å²) in [5.41, 5.74) is 4.88. The lowest BCUT2D eigenvalue weighted by Gasteiger charge is -2.12. The molecule has 0 atom stereocenters. The Morgan fingerprint density at radius 1 is 1.09 bits per heavy atom. The average Bonchev–Trinajstić information content (AvgIpc) is 3.15. The Morgan fingerprint density at radius 2 is 1.84 bits per heavy atom. The van der Waals surface area contributed by atoms with Crippen LogP contribution in [0.25, 0.3) is 33.5 Å². The Kier molecular flexibility index (Phi) is 6.43. The van der Waals surface area contributed by atoms with E-state index >= 15 is 0 Å². The number of nitrogens with zero attached hydrogens (tertiary/aromatic N) is 4. The molecule has 2 aromatic heterocycles. The lowest BCUT2D eigenvalue weighted by atomic mass is 10.0. The summed E-state index contributed by atoms with van der Waals surface area (Å²) in [7, 11) is -3.04. The number of benzene rings is 2. The SMILES string of the molecule is C=CCn1c(SCCS(C)(=O)=O)nnc1-c1cc(-c2ccc(C)cc2)nc2ccccc12. The lowest BCUT2D eigenvalue weighted by molar-refractivity contribution is 0.603. The molecule has 0 radical (unpaired) electrons. The van der Waals surface area contributed by atoms with Crippen molar-refractivity contribution in [3.63, 3.8) is 0 Å². The number of thioether (sulfide) groups is 1. The molecule has 0 N–H and O–H groups in total. The van der Waals surface area contributed by atoms with Crippen molar-refractivity contribution in [2.45, 2.75) is 18.6 Å². The van der Waals surface area contributed by atoms with Gasteiger partial charge in [-0.3, -0.25) is 4.57 Å². The number of allylic oxidation sites excluding steroid dienone is 1. The average molecular weight is 465 g/mol. The number of aryl methyl sites for hydroxylation is 1. The zero-order valence-corrected chi connectivity index (χ0v) is 19.7. The minimum atomic E-state index is -3.04. The van der Waals surface area contributed by atoms with Crippen LogP contribution in [0.3, 0.4) is 0 Å². The fourth-order valence-electron chi connectivity index (χ4n) is 3.41. The van der Waals surface area contributed by atoms with Crippen LogP contribution < -0.4 is 0 Å². The predicted octanol–water partition coefficient (Wildman–Crippen LogP) is 4.79. The van der Waals surface area contributed by atoms with Crippen LogP contribution in [0.4, 0.5) is 0 Å². The molecule has 2 aromatic carbocycles. The van der Waals surface area contributed by atoms with Crippen LogP contribution >= 0.6 is 11.8 Å². The summed E-state index contributed by atoms with van der Waals surface area (Å²) in [6.07, 6.45) is 3.03. The van der Waals surface area contributed by atoms with Crippen molar-refractivity contribution in [1.29, 1.82) is 0 Å². The van der Waals surface area contributed by atoms with Gasteiger partial charge in [-0.1, -0.05) is 65.9 Å². The van der Waals surface area contributed by atoms with Gasteiger partial charge in [0, 0.05) is 35.1 Å². The highest BCUT2D eigenvalue weighted by molar-refractivity contribution is 8.00. The lowest BCUT2D eigenvalue weighted by Crippen LogP contribution is -2.07. The topological polar surface area (TPSA) is 77.7 Å². The Hall–Kier alpha value is -2.97. The monoisotopic (exact) mass is 464 g/mol. The third-order valence-corrected chi connectivity index (χ3v) is 7.19. The smallest absolute Gasteiger partial charge is 0.191 e. The number of fused-ring (bicyclic) bond motifs is 1. The van der Waals surface area contributed by atoms with Crippen molar-refractivity contribution in [3.8, 4) is 22.6 Å². The van der Waals surface area contributed by atoms with Gasteiger partial charge in [0.05, 0.1) is 17.0 Å². The Bertz CT molecular complexity index is 1380. The normalized spacial score (nSPS) is 11.7. The number of para-hydroxylation sites is 1. The quantitative estimate of drug-likeness (QED) is 0.276. The van der Waals surface area contributed by atoms with Gasteiger partial charge >= 0.3 is 0 Å². The van der Waals surface area contributed by atoms with E-state index in [1.807, 2.05) is 34.9 Å². The van der Waals surface area contributed by atoms with Crippen LogP contribution in [0.1, 0.15) is 5.56 Å². The van der Waals surface area contributed by atoms with Crippen LogP contribution in [0.2, 0.25) is 0 Å². The fourth-order valence-corrected chi connectivity index (χ4v) is 5.55. The second-order valence-electron chi connectivity index (χ2n) is 7.62. The molecule has 8 heteroatoms. The molecule has 0 bridgehead atoms. The molecule has 0 spiro atoms. The van der Waals surface area contributed by atoms with Gasteiger partial charge in [-0.15, -0.1) is 16.8 Å². The first-order chi connectivity index (χ1) is 15.4. The number of hydrogen-bond donors (Lipinski definition) is 0. The van der Waals surface area contributed by atoms with Gasteiger partial charge in [0.1, 0.15) is 9.84 Å². The first kappa shape index (κ1) is 22.2. The summed E-state index contributed by atoms with van der Waals surface area (Å²) in [5.74, 6) is 1.21. The van der Waals surface area contributed by atoms with Gasteiger partial charge in [-0.05, 0) is 19.1 Å². The standard InChI is InChI=1S/C24H24N4O2S2/c1-4-13-28-23(26-27-24(28)31-14-15-32(3,29)30)20-16-22(18-11-9-17(2)10-12-18)25-21-8-6-5-7-19(20)21/h4-12,16H,1,13-15H2,2-3H3. The van der Waals surface area contributed by atoms with Crippen LogP contribution in [-0.4, -0.2) is 45.9 Å². The summed E-state index contributed by atoms with van der Waals surface area (Å²) >= 11 is 1.38. The molecule has 6 nitrogen and oxygen atoms in total. The summed E-state index contributed by atoms with van der Waals surface area (Å²) < 4.78 is 25.0. The Morgan fingerprint density at radius 3 is 2.56 bits per heavy atom. The summed E-state index contributed by atoms with van der Waals surface area (Å²) in [6, 6.07) is 18.3. The molecule has 0 aliphatic rings. The van der Waals surface area contributed by atoms with Crippen LogP contribution in [0.15, 0.2) is 72.4 Å². The van der Waals surface area contributed by atoms with Crippen molar-refractivity contribution in [2.75, 3.05) is 17.8 Å². The van der Waals surface area contributed by atoms with E-state index in [4.69, 9.17) is 4.98 Å². The van der Waals surface area contributed by atoms with E-state index in [2.05, 4.69) is 48.0 Å². The predicted molar refractivity (Wildman–Crippen MR) is 132 cm³/mol. The van der Waals surface area contributed by atoms with Gasteiger partial charge in [0.2, 0.25) is 0 Å². The van der Waals surface area contributed by atoms with E-state index in [-0.39, 0.29) is 5.75 Å². The molecule has 4 aromatic rings. The first-order valence-corrected chi connectivity index (χ1v) is 13.2. The molecule has 0 fully saturated rings. The Balaban J connectivity index is 1.83. The number of pyridine rings is 1. The number of sulfone groups is 1. The molecular formula is C24H24N4O2S2. The van der Waals surface area contributed by atoms with E-state index < -0.39 is 9.84 Å². The maximum absolute atomic E-state index is 11.5. The van der Waals surface area contributed by atoms with Gasteiger partial charge in [0.25, 0.3) is 0 Å². The van der Waals surface area contributed by atoms with Crippen molar-refractivity contribution >= 4 is 32.5 Å². The van der Waals surface area contributed by atoms with E-state index in [1.54, 1.807) is 6.08 Å². The molecule has 4 rings (SSSR count). The molecule has 2 heterocycles. The van der Waals surface area contributed by atoms with Crippen LogP contribution in [0, 0.1) is 6.92 Å². The molecule has 0 amide bonds. The largest absolute Gasteiger partial charge is 0.298 e. The maximum Gasteiger partial charge on any atom is 0.191 e. The third kappa shape index (κ3) is 4.92. The van der Waals surface area contributed by atoms with E-state index in [0.29, 0.717) is 23.3 Å². The molecule has 164 valence electrons. The Labute approximate surface area is 192 Å². The number of hydrogen-bond acceptors (Lipinski definition) is 6. The second-order valence-corrected chi connectivity index (χ2v) is 10.9. The zero-order valence-electron chi connectivity index (χ0n) is 18.0. The van der Waals surface area contributed by atoms with Crippen LogP contribution in [-0.2, 0) is 16.4 Å². The highest BCUT2D eigenvalue weighted by Gasteiger charge is 2.18. The number of rotatable bonds is 8. The van der Waals surface area contributed by atoms with E-state index in [9.17, 15) is 8.42 Å². The molecule has 0 saturated carbocycles. The highest BCUT2D eigenvalue weighted by Crippen LogP contribution is 2.33. The molecule has 0 unspecified atom stereocenters. The maximum atomic E-state index is 11.5. The van der Waals surface area contributed by atoms with Gasteiger partial charge < -0.3 is 0 Å². The molecular weight excluding hydrogens is 440 g/mol. The van der Waals surface area contributed by atoms with E-state index in [0.717, 1.165) is 27.7 Å². The zero-order chi connectivity index (χ0) is 22.7. The summed E-state index contributed by atoms with van der Waals surface area (Å²) in [6.45, 7) is 6.45. The van der Waals surface area contributed by atoms with Crippen molar-refractivity contribution in [3.05, 3.63) is 72.8 Å². The number of aromatic nitrogens is 4. The molecule has 0 aliphatic carbocycles. The summed E-state index contributed by atoms with van der Waals surface area (Å²) in [5, 5.41) is 10.5. The van der Waals surface area contributed by atoms with Gasteiger partial charge in [0.15, 0.2) is 11.0 Å². The highest BCUT2D eigenvalue weighted by atomic mass is 32.2. The minimum Gasteiger partial charge on any atom is -0.298 e. The first-order valence-electron chi connectivity index (χ1n) is 10.2. The van der Waals surface area contributed by atoms with Crippen molar-refractivity contribution in [1.82, 2.24) is 19.7 Å². The van der Waals surface area contributed by atoms with Crippen LogP contribution in [0.5, 0.6) is 0 Å². The minimum absolute atomic E-state index is 0.0870. The second kappa shape index (κ2) is 9.26. The van der Waals surface area contributed by atoms with E-state index in [1.165, 1.54) is 23.6 Å². The van der Waals surface area contributed by atoms with Gasteiger partial charge in [-0.2, -0.15) is 0 Å². The molecule has 32 heavy (non-hydrogen) atoms. The van der Waals surface area contributed by atoms with Crippen molar-refractivity contribution < 1.29 is 8.42 Å². The summed E-state index contributed by atoms with van der Waals surface area (Å²) in [4.78, 5) is 4.87.